The van der Waals surface area contributed by atoms with E-state index in [2.05, 4.69) is 4.98 Å². The molecule has 0 saturated carbocycles. The number of nitrogens with one attached hydrogen (secondary N) is 1. The summed E-state index contributed by atoms with van der Waals surface area (Å²) in [5, 5.41) is 0. The van der Waals surface area contributed by atoms with Gasteiger partial charge >= 0.3 is 17.1 Å². The predicted molar refractivity (Wildman–Crippen MR) is 102 cm³/mol. The minimum absolute atomic E-state index is 0.160. The van der Waals surface area contributed by atoms with E-state index >= 15 is 0 Å². The van der Waals surface area contributed by atoms with E-state index in [1.54, 1.807) is 6.92 Å². The number of aromatic amines is 1. The van der Waals surface area contributed by atoms with Crippen molar-refractivity contribution < 1.29 is 17.5 Å². The molecule has 1 heterocycles. The largest absolute Gasteiger partial charge is 0.457 e. The van der Waals surface area contributed by atoms with Gasteiger partial charge in [-0.3, -0.25) is 4.98 Å². The Balaban J connectivity index is 1.94. The summed E-state index contributed by atoms with van der Waals surface area (Å²) < 4.78 is 42.8. The number of hydrogen-bond donors (Lipinski definition) is 1. The van der Waals surface area contributed by atoms with Gasteiger partial charge in [0.1, 0.15) is 11.5 Å². The zero-order valence-corrected chi connectivity index (χ0v) is 16.2. The van der Waals surface area contributed by atoms with Crippen molar-refractivity contribution >= 4 is 9.84 Å². The average molecular weight is 421 g/mol. The molecule has 0 aliphatic carbocycles. The van der Waals surface area contributed by atoms with Crippen LogP contribution in [0.2, 0.25) is 0 Å². The Morgan fingerprint density at radius 3 is 2.28 bits per heavy atom. The molecule has 3 rings (SSSR count). The quantitative estimate of drug-likeness (QED) is 0.657. The minimum atomic E-state index is -3.96. The van der Waals surface area contributed by atoms with Gasteiger partial charge in [0.2, 0.25) is 9.84 Å². The van der Waals surface area contributed by atoms with Crippen LogP contribution in [0.25, 0.3) is 5.69 Å². The monoisotopic (exact) mass is 421 g/mol. The zero-order valence-electron chi connectivity index (χ0n) is 15.4. The van der Waals surface area contributed by atoms with Crippen LogP contribution in [0.15, 0.2) is 61.7 Å². The summed E-state index contributed by atoms with van der Waals surface area (Å²) >= 11 is 0. The number of alkyl halides is 1. The molecule has 0 amide bonds. The second-order valence-electron chi connectivity index (χ2n) is 6.16. The molecule has 9 nitrogen and oxygen atoms in total. The summed E-state index contributed by atoms with van der Waals surface area (Å²) in [4.78, 5) is 37.6. The molecule has 0 fully saturated rings. The Kier molecular flexibility index (Phi) is 5.25. The van der Waals surface area contributed by atoms with Gasteiger partial charge in [0.25, 0.3) is 0 Å². The van der Waals surface area contributed by atoms with Crippen molar-refractivity contribution in [3.05, 3.63) is 79.5 Å². The Hall–Kier alpha value is -3.47. The molecule has 3 aromatic rings. The molecule has 0 aliphatic heterocycles. The second kappa shape index (κ2) is 7.51. The van der Waals surface area contributed by atoms with Crippen LogP contribution in [-0.2, 0) is 16.9 Å². The number of halogens is 1. The third kappa shape index (κ3) is 3.90. The fourth-order valence-corrected chi connectivity index (χ4v) is 3.25. The average Bonchev–Trinajstić information content (AvgIpc) is 2.68. The molecule has 0 saturated heterocycles. The Labute approximate surface area is 163 Å². The van der Waals surface area contributed by atoms with E-state index < -0.39 is 32.9 Å². The van der Waals surface area contributed by atoms with Crippen molar-refractivity contribution in [2.45, 2.75) is 11.8 Å². The van der Waals surface area contributed by atoms with Crippen LogP contribution in [0.1, 0.15) is 5.56 Å². The predicted octanol–water partition coefficient (Wildman–Crippen LogP) is 1.03. The molecule has 11 heteroatoms. The first-order chi connectivity index (χ1) is 13.6. The summed E-state index contributed by atoms with van der Waals surface area (Å²) in [5.41, 5.74) is -1.66. The van der Waals surface area contributed by atoms with Crippen LogP contribution in [0.4, 0.5) is 4.39 Å². The SMILES string of the molecule is Cc1cc(-n2c(=O)[nH]c(=O)n(C)c2=O)ccc1Oc1ccc(S(=O)(=O)CF)cc1. The maximum Gasteiger partial charge on any atom is 0.340 e. The fraction of sp³-hybridized carbons (Fsp3) is 0.167. The number of rotatable bonds is 5. The summed E-state index contributed by atoms with van der Waals surface area (Å²) in [5.74, 6) is 0.708. The number of hydrogen-bond acceptors (Lipinski definition) is 6. The van der Waals surface area contributed by atoms with Gasteiger partial charge in [0, 0.05) is 7.05 Å². The number of sulfone groups is 1. The van der Waals surface area contributed by atoms with Crippen molar-refractivity contribution in [2.24, 2.45) is 7.05 Å². The molecular formula is C18H16FN3O6S. The van der Waals surface area contributed by atoms with Crippen molar-refractivity contribution in [2.75, 3.05) is 6.01 Å². The molecule has 1 aromatic heterocycles. The first-order valence-electron chi connectivity index (χ1n) is 8.24. The Bertz CT molecular complexity index is 1350. The highest BCUT2D eigenvalue weighted by atomic mass is 32.2. The molecule has 29 heavy (non-hydrogen) atoms. The lowest BCUT2D eigenvalue weighted by molar-refractivity contribution is 0.478. The molecule has 0 bridgehead atoms. The highest BCUT2D eigenvalue weighted by Crippen LogP contribution is 2.27. The van der Waals surface area contributed by atoms with Gasteiger partial charge in [-0.2, -0.15) is 0 Å². The van der Waals surface area contributed by atoms with Gasteiger partial charge in [-0.05, 0) is 55.0 Å². The summed E-state index contributed by atoms with van der Waals surface area (Å²) in [6.07, 6.45) is 0. The van der Waals surface area contributed by atoms with E-state index in [9.17, 15) is 27.2 Å². The maximum absolute atomic E-state index is 12.6. The second-order valence-corrected chi connectivity index (χ2v) is 8.08. The lowest BCUT2D eigenvalue weighted by Gasteiger charge is -2.12. The zero-order chi connectivity index (χ0) is 21.3. The van der Waals surface area contributed by atoms with Gasteiger partial charge in [0.15, 0.2) is 6.01 Å². The molecule has 0 unspecified atom stereocenters. The number of aryl methyl sites for hydroxylation is 1. The smallest absolute Gasteiger partial charge is 0.340 e. The molecule has 2 aromatic carbocycles. The standard InChI is InChI=1S/C18H16FN3O6S/c1-11-9-12(22-17(24)20-16(23)21(2)18(22)25)3-8-15(11)28-13-4-6-14(7-5-13)29(26,27)10-19/h3-9H,10H2,1-2H3,(H,20,23,24). The van der Waals surface area contributed by atoms with Gasteiger partial charge < -0.3 is 4.74 Å². The summed E-state index contributed by atoms with van der Waals surface area (Å²) in [6, 6.07) is 8.26. The maximum atomic E-state index is 12.6. The van der Waals surface area contributed by atoms with E-state index in [-0.39, 0.29) is 10.6 Å². The third-order valence-corrected chi connectivity index (χ3v) is 5.45. The van der Waals surface area contributed by atoms with Crippen LogP contribution in [0, 0.1) is 6.92 Å². The molecular weight excluding hydrogens is 405 g/mol. The van der Waals surface area contributed by atoms with Gasteiger partial charge in [0.05, 0.1) is 10.6 Å². The van der Waals surface area contributed by atoms with Gasteiger partial charge in [-0.25, -0.2) is 36.3 Å². The van der Waals surface area contributed by atoms with Crippen molar-refractivity contribution in [1.29, 1.82) is 0 Å². The topological polar surface area (TPSA) is 120 Å². The molecule has 152 valence electrons. The van der Waals surface area contributed by atoms with Crippen molar-refractivity contribution in [1.82, 2.24) is 14.1 Å². The number of benzene rings is 2. The first-order valence-corrected chi connectivity index (χ1v) is 9.89. The van der Waals surface area contributed by atoms with E-state index in [1.165, 1.54) is 49.5 Å². The normalized spacial score (nSPS) is 11.4. The van der Waals surface area contributed by atoms with Crippen LogP contribution in [-0.4, -0.2) is 28.5 Å². The van der Waals surface area contributed by atoms with E-state index in [0.29, 0.717) is 17.1 Å². The number of aromatic nitrogens is 3. The van der Waals surface area contributed by atoms with Crippen molar-refractivity contribution in [3.8, 4) is 17.2 Å². The van der Waals surface area contributed by atoms with Crippen LogP contribution < -0.4 is 21.8 Å². The first kappa shape index (κ1) is 20.3. The molecule has 1 N–H and O–H groups in total. The van der Waals surface area contributed by atoms with Crippen LogP contribution in [0.3, 0.4) is 0 Å². The molecule has 0 spiro atoms. The van der Waals surface area contributed by atoms with E-state index in [0.717, 1.165) is 9.13 Å². The Morgan fingerprint density at radius 2 is 1.69 bits per heavy atom. The van der Waals surface area contributed by atoms with Gasteiger partial charge in [-0.15, -0.1) is 0 Å². The summed E-state index contributed by atoms with van der Waals surface area (Å²) in [6.45, 7) is 1.68. The summed E-state index contributed by atoms with van der Waals surface area (Å²) in [7, 11) is -2.71. The van der Waals surface area contributed by atoms with Gasteiger partial charge in [-0.1, -0.05) is 0 Å². The third-order valence-electron chi connectivity index (χ3n) is 4.17. The lowest BCUT2D eigenvalue weighted by atomic mass is 10.2. The number of ether oxygens (including phenoxy) is 1. The number of H-pyrrole nitrogens is 1. The minimum Gasteiger partial charge on any atom is -0.457 e. The van der Waals surface area contributed by atoms with Crippen LogP contribution in [0.5, 0.6) is 11.5 Å². The van der Waals surface area contributed by atoms with E-state index in [4.69, 9.17) is 4.74 Å². The fourth-order valence-electron chi connectivity index (χ4n) is 2.57. The highest BCUT2D eigenvalue weighted by molar-refractivity contribution is 7.91. The molecule has 0 radical (unpaired) electrons. The van der Waals surface area contributed by atoms with E-state index in [1.807, 2.05) is 0 Å². The highest BCUT2D eigenvalue weighted by Gasteiger charge is 2.14. The Morgan fingerprint density at radius 1 is 1.03 bits per heavy atom. The lowest BCUT2D eigenvalue weighted by Crippen LogP contribution is -2.47. The number of nitrogens with zero attached hydrogens (tertiary/aromatic N) is 2. The molecule has 0 atom stereocenters. The molecule has 0 aliphatic rings. The van der Waals surface area contributed by atoms with Crippen molar-refractivity contribution in [3.63, 3.8) is 0 Å². The van der Waals surface area contributed by atoms with Crippen LogP contribution >= 0.6 is 0 Å².